The molecule has 0 unspecified atom stereocenters. The summed E-state index contributed by atoms with van der Waals surface area (Å²) in [7, 11) is 0. The van der Waals surface area contributed by atoms with E-state index in [0.29, 0.717) is 0 Å². The van der Waals surface area contributed by atoms with Crippen LogP contribution in [0.4, 0.5) is 0 Å². The number of rotatable bonds is 0. The molecule has 0 radical (unpaired) electrons. The first kappa shape index (κ1) is 12.3. The minimum absolute atomic E-state index is 0.190. The van der Waals surface area contributed by atoms with E-state index in [1.807, 2.05) is 0 Å². The number of aromatic nitrogens is 1. The van der Waals surface area contributed by atoms with Crippen LogP contribution in [-0.2, 0) is 11.8 Å². The predicted octanol–water partition coefficient (Wildman–Crippen LogP) is 5.39. The Hall–Kier alpha value is -2.28. The Kier molecular flexibility index (Phi) is 2.08. The highest BCUT2D eigenvalue weighted by atomic mass is 14.9. The average molecular weight is 285 g/mol. The number of pyridine rings is 1. The van der Waals surface area contributed by atoms with E-state index in [9.17, 15) is 0 Å². The zero-order chi connectivity index (χ0) is 15.1. The molecule has 1 aliphatic heterocycles. The minimum atomic E-state index is 0.190. The van der Waals surface area contributed by atoms with Crippen LogP contribution >= 0.6 is 0 Å². The van der Waals surface area contributed by atoms with Gasteiger partial charge in [0.25, 0.3) is 0 Å². The van der Waals surface area contributed by atoms with Crippen LogP contribution in [-0.4, -0.2) is 4.40 Å². The molecule has 0 saturated carbocycles. The van der Waals surface area contributed by atoms with Crippen molar-refractivity contribution in [3.05, 3.63) is 65.4 Å². The van der Waals surface area contributed by atoms with Crippen LogP contribution < -0.4 is 0 Å². The number of benzene rings is 2. The molecule has 1 heteroatoms. The Morgan fingerprint density at radius 3 is 2.50 bits per heavy atom. The highest BCUT2D eigenvalue weighted by Crippen LogP contribution is 2.43. The van der Waals surface area contributed by atoms with E-state index in [4.69, 9.17) is 0 Å². The number of aryl methyl sites for hydroxylation is 1. The normalized spacial score (nSPS) is 16.1. The van der Waals surface area contributed by atoms with Crippen molar-refractivity contribution < 1.29 is 0 Å². The Bertz CT molecular complexity index is 1080. The third kappa shape index (κ3) is 1.30. The van der Waals surface area contributed by atoms with E-state index in [2.05, 4.69) is 73.7 Å². The van der Waals surface area contributed by atoms with Crippen molar-refractivity contribution in [2.75, 3.05) is 0 Å². The van der Waals surface area contributed by atoms with Gasteiger partial charge in [-0.05, 0) is 47.4 Å². The number of nitrogens with zero attached hydrogens (tertiary/aromatic N) is 1. The lowest BCUT2D eigenvalue weighted by Crippen LogP contribution is -2.26. The van der Waals surface area contributed by atoms with Gasteiger partial charge >= 0.3 is 0 Å². The molecule has 5 rings (SSSR count). The maximum atomic E-state index is 2.51. The van der Waals surface area contributed by atoms with E-state index >= 15 is 0 Å². The zero-order valence-electron chi connectivity index (χ0n) is 13.3. The van der Waals surface area contributed by atoms with Gasteiger partial charge in [-0.25, -0.2) is 0 Å². The van der Waals surface area contributed by atoms with Gasteiger partial charge in [-0.3, -0.25) is 0 Å². The molecule has 0 saturated heterocycles. The molecular weight excluding hydrogens is 266 g/mol. The summed E-state index contributed by atoms with van der Waals surface area (Å²) in [4.78, 5) is 0. The molecule has 0 aliphatic carbocycles. The van der Waals surface area contributed by atoms with Crippen LogP contribution in [0.3, 0.4) is 0 Å². The second kappa shape index (κ2) is 3.73. The number of fused-ring (bicyclic) bond motifs is 3. The molecule has 4 aromatic rings. The molecular formula is C21H19N. The van der Waals surface area contributed by atoms with Crippen molar-refractivity contribution in [2.45, 2.75) is 32.6 Å². The van der Waals surface area contributed by atoms with Crippen LogP contribution in [0.2, 0.25) is 0 Å². The fraction of sp³-hybridized carbons (Fsp3) is 0.238. The quantitative estimate of drug-likeness (QED) is 0.382. The molecule has 0 spiro atoms. The van der Waals surface area contributed by atoms with Crippen LogP contribution in [0, 0.1) is 6.92 Å². The highest BCUT2D eigenvalue weighted by molar-refractivity contribution is 6.15. The first-order valence-electron chi connectivity index (χ1n) is 8.03. The number of hydrogen-bond donors (Lipinski definition) is 0. The predicted molar refractivity (Wildman–Crippen MR) is 93.9 cm³/mol. The van der Waals surface area contributed by atoms with Gasteiger partial charge in [0.2, 0.25) is 0 Å². The summed E-state index contributed by atoms with van der Waals surface area (Å²) in [5.74, 6) is 0. The first-order chi connectivity index (χ1) is 10.6. The summed E-state index contributed by atoms with van der Waals surface area (Å²) in [6.45, 7) is 6.98. The van der Waals surface area contributed by atoms with Crippen LogP contribution in [0.5, 0.6) is 0 Å². The maximum absolute atomic E-state index is 2.51. The maximum Gasteiger partial charge on any atom is 0.0577 e. The second-order valence-corrected chi connectivity index (χ2v) is 7.31. The van der Waals surface area contributed by atoms with Crippen molar-refractivity contribution in [1.29, 1.82) is 0 Å². The monoisotopic (exact) mass is 285 g/mol. The van der Waals surface area contributed by atoms with Crippen molar-refractivity contribution in [3.8, 4) is 0 Å². The van der Waals surface area contributed by atoms with Gasteiger partial charge in [0.15, 0.2) is 0 Å². The van der Waals surface area contributed by atoms with Crippen LogP contribution in [0.15, 0.2) is 48.5 Å². The van der Waals surface area contributed by atoms with Crippen molar-refractivity contribution >= 4 is 27.2 Å². The van der Waals surface area contributed by atoms with Gasteiger partial charge in [0.1, 0.15) is 0 Å². The molecule has 22 heavy (non-hydrogen) atoms. The standard InChI is InChI=1S/C21H19N/c1-13-8-10-17-20-19(13)16-7-5-4-6-15(16)18-11-9-14(22(18)20)12-21(17,2)3/h4-11H,12H2,1-3H3. The summed E-state index contributed by atoms with van der Waals surface area (Å²) in [5.41, 5.74) is 7.25. The summed E-state index contributed by atoms with van der Waals surface area (Å²) in [6.07, 6.45) is 1.10. The van der Waals surface area contributed by atoms with E-state index in [0.717, 1.165) is 6.42 Å². The Morgan fingerprint density at radius 2 is 1.68 bits per heavy atom. The van der Waals surface area contributed by atoms with E-state index in [1.54, 1.807) is 0 Å². The number of hydrogen-bond acceptors (Lipinski definition) is 0. The van der Waals surface area contributed by atoms with Gasteiger partial charge in [0, 0.05) is 16.5 Å². The van der Waals surface area contributed by atoms with Gasteiger partial charge in [0.05, 0.1) is 11.0 Å². The third-order valence-corrected chi connectivity index (χ3v) is 5.40. The summed E-state index contributed by atoms with van der Waals surface area (Å²) >= 11 is 0. The second-order valence-electron chi connectivity index (χ2n) is 7.31. The molecule has 0 amide bonds. The summed E-state index contributed by atoms with van der Waals surface area (Å²) in [5, 5.41) is 4.17. The minimum Gasteiger partial charge on any atom is -0.313 e. The van der Waals surface area contributed by atoms with Crippen LogP contribution in [0.1, 0.15) is 30.7 Å². The fourth-order valence-electron chi connectivity index (χ4n) is 4.37. The topological polar surface area (TPSA) is 4.41 Å². The summed E-state index contributed by atoms with van der Waals surface area (Å²) in [6, 6.07) is 18.1. The van der Waals surface area contributed by atoms with Gasteiger partial charge < -0.3 is 4.40 Å². The van der Waals surface area contributed by atoms with Crippen molar-refractivity contribution in [3.63, 3.8) is 0 Å². The molecule has 108 valence electrons. The Morgan fingerprint density at radius 1 is 0.909 bits per heavy atom. The molecule has 0 fully saturated rings. The molecule has 0 atom stereocenters. The Labute approximate surface area is 130 Å². The molecule has 0 N–H and O–H groups in total. The zero-order valence-corrected chi connectivity index (χ0v) is 13.3. The SMILES string of the molecule is Cc1ccc2c3c1c1ccccc1c1ccc(n13)CC2(C)C. The highest BCUT2D eigenvalue weighted by Gasteiger charge is 2.31. The van der Waals surface area contributed by atoms with Gasteiger partial charge in [-0.1, -0.05) is 50.2 Å². The third-order valence-electron chi connectivity index (χ3n) is 5.40. The van der Waals surface area contributed by atoms with Gasteiger partial charge in [-0.2, -0.15) is 0 Å². The largest absolute Gasteiger partial charge is 0.313 e. The van der Waals surface area contributed by atoms with E-state index in [-0.39, 0.29) is 5.41 Å². The molecule has 3 heterocycles. The fourth-order valence-corrected chi connectivity index (χ4v) is 4.37. The first-order valence-corrected chi connectivity index (χ1v) is 8.03. The Balaban J connectivity index is 2.24. The lowest BCUT2D eigenvalue weighted by Gasteiger charge is -2.32. The van der Waals surface area contributed by atoms with Crippen molar-refractivity contribution in [1.82, 2.24) is 4.40 Å². The van der Waals surface area contributed by atoms with Crippen molar-refractivity contribution in [2.24, 2.45) is 0 Å². The van der Waals surface area contributed by atoms with E-state index < -0.39 is 0 Å². The molecule has 2 aromatic carbocycles. The van der Waals surface area contributed by atoms with Crippen LogP contribution in [0.25, 0.3) is 27.2 Å². The van der Waals surface area contributed by atoms with E-state index in [1.165, 1.54) is 44.0 Å². The molecule has 2 aromatic heterocycles. The molecule has 0 bridgehead atoms. The molecule has 1 aliphatic rings. The lowest BCUT2D eigenvalue weighted by atomic mass is 9.77. The smallest absolute Gasteiger partial charge is 0.0577 e. The average Bonchev–Trinajstić information content (AvgIpc) is 2.90. The lowest BCUT2D eigenvalue weighted by molar-refractivity contribution is 0.506. The summed E-state index contributed by atoms with van der Waals surface area (Å²) < 4.78 is 2.51. The molecule has 1 nitrogen and oxygen atoms in total. The van der Waals surface area contributed by atoms with Gasteiger partial charge in [-0.15, -0.1) is 0 Å².